The third-order valence-electron chi connectivity index (χ3n) is 10.8. The van der Waals surface area contributed by atoms with Crippen LogP contribution in [0.4, 0.5) is 4.79 Å². The lowest BCUT2D eigenvalue weighted by Crippen LogP contribution is -2.60. The van der Waals surface area contributed by atoms with E-state index >= 15 is 0 Å². The highest BCUT2D eigenvalue weighted by Crippen LogP contribution is 2.46. The largest absolute Gasteiger partial charge is 0.471 e. The predicted octanol–water partition coefficient (Wildman–Crippen LogP) is 4.51. The van der Waals surface area contributed by atoms with Crippen LogP contribution in [0.5, 0.6) is 5.88 Å². The van der Waals surface area contributed by atoms with E-state index in [1.165, 1.54) is 11.0 Å². The molecule has 0 spiro atoms. The zero-order valence-corrected chi connectivity index (χ0v) is 33.0. The molecule has 0 unspecified atom stereocenters. The van der Waals surface area contributed by atoms with E-state index in [1.54, 1.807) is 20.8 Å². The second kappa shape index (κ2) is 14.3. The predicted molar refractivity (Wildman–Crippen MR) is 209 cm³/mol. The number of nitrogens with one attached hydrogen (secondary N) is 3. The van der Waals surface area contributed by atoms with Gasteiger partial charge in [-0.25, -0.2) is 23.2 Å². The van der Waals surface area contributed by atoms with Crippen LogP contribution >= 0.6 is 0 Å². The molecule has 1 aromatic heterocycles. The number of carbonyl (C=O) groups is 4. The lowest BCUT2D eigenvalue weighted by molar-refractivity contribution is -0.142. The van der Waals surface area contributed by atoms with E-state index in [2.05, 4.69) is 21.9 Å². The number of nitrogens with zero attached hydrogens (tertiary/aromatic N) is 3. The molecule has 3 fully saturated rings. The number of hydrogen-bond donors (Lipinski definition) is 3. The molecule has 2 aliphatic carbocycles. The van der Waals surface area contributed by atoms with Crippen molar-refractivity contribution in [2.24, 2.45) is 16.7 Å². The summed E-state index contributed by atoms with van der Waals surface area (Å²) in [5.41, 5.74) is 0.284. The summed E-state index contributed by atoms with van der Waals surface area (Å²) in [6.07, 6.45) is 4.82. The van der Waals surface area contributed by atoms with Crippen LogP contribution in [0.1, 0.15) is 65.9 Å². The fourth-order valence-corrected chi connectivity index (χ4v) is 8.56. The van der Waals surface area contributed by atoms with Crippen molar-refractivity contribution in [3.8, 4) is 17.1 Å². The van der Waals surface area contributed by atoms with Crippen molar-refractivity contribution in [3.63, 3.8) is 0 Å². The number of carbonyl (C=O) groups excluding carboxylic acids is 4. The molecule has 56 heavy (non-hydrogen) atoms. The van der Waals surface area contributed by atoms with Crippen molar-refractivity contribution in [1.82, 2.24) is 30.2 Å². The molecular formula is C41H48N6O8S. The summed E-state index contributed by atoms with van der Waals surface area (Å²) < 4.78 is 40.0. The minimum Gasteiger partial charge on any atom is -0.471 e. The first-order chi connectivity index (χ1) is 26.4. The Morgan fingerprint density at radius 2 is 1.77 bits per heavy atom. The number of rotatable bonds is 6. The Kier molecular flexibility index (Phi) is 9.96. The lowest BCUT2D eigenvalue weighted by atomic mass is 9.85. The molecule has 4 bridgehead atoms. The van der Waals surface area contributed by atoms with Crippen molar-refractivity contribution < 1.29 is 37.1 Å². The van der Waals surface area contributed by atoms with E-state index in [-0.39, 0.29) is 31.9 Å². The van der Waals surface area contributed by atoms with Crippen LogP contribution in [0, 0.1) is 16.7 Å². The van der Waals surface area contributed by atoms with Gasteiger partial charge in [-0.3, -0.25) is 19.1 Å². The fraction of sp³-hybridized carbons (Fsp3) is 0.463. The first-order valence-corrected chi connectivity index (χ1v) is 20.4. The molecule has 4 amide bonds. The molecule has 2 aliphatic heterocycles. The summed E-state index contributed by atoms with van der Waals surface area (Å²) in [6, 6.07) is 12.7. The number of amides is 4. The zero-order valence-electron chi connectivity index (χ0n) is 32.2. The molecule has 15 heteroatoms. The van der Waals surface area contributed by atoms with E-state index in [4.69, 9.17) is 19.4 Å². The van der Waals surface area contributed by atoms with Crippen LogP contribution < -0.4 is 20.1 Å². The van der Waals surface area contributed by atoms with Gasteiger partial charge in [-0.2, -0.15) is 0 Å². The SMILES string of the molecule is C=C[C@@H]1C[C@]1(NC(=O)[C@@H]1C[C@@H]2CN1C(=O)[C@H](C(C)(C)C)NC(=O)OCC(C)(C)C=Cc1cccc(c1)-c1nc3ccccc3nc1O2)C(=O)NS(=O)(=O)C1CC1. The molecule has 3 N–H and O–H groups in total. The van der Waals surface area contributed by atoms with Crippen LogP contribution in [-0.4, -0.2) is 89.2 Å². The molecule has 5 atom stereocenters. The van der Waals surface area contributed by atoms with Gasteiger partial charge in [0, 0.05) is 23.3 Å². The van der Waals surface area contributed by atoms with Gasteiger partial charge in [0.2, 0.25) is 27.7 Å². The van der Waals surface area contributed by atoms with E-state index < -0.39 is 79.6 Å². The topological polar surface area (TPSA) is 186 Å². The Balaban J connectivity index is 1.28. The Bertz CT molecular complexity index is 2250. The van der Waals surface area contributed by atoms with Crippen molar-refractivity contribution in [2.75, 3.05) is 13.2 Å². The van der Waals surface area contributed by atoms with Gasteiger partial charge >= 0.3 is 6.09 Å². The summed E-state index contributed by atoms with van der Waals surface area (Å²) >= 11 is 0. The normalized spacial score (nSPS) is 26.4. The number of hydrogen-bond acceptors (Lipinski definition) is 10. The van der Waals surface area contributed by atoms with Crippen molar-refractivity contribution >= 4 is 50.9 Å². The van der Waals surface area contributed by atoms with E-state index in [9.17, 15) is 27.6 Å². The van der Waals surface area contributed by atoms with Crippen molar-refractivity contribution in [3.05, 3.63) is 72.8 Å². The van der Waals surface area contributed by atoms with Crippen LogP contribution in [0.2, 0.25) is 0 Å². The molecule has 7 rings (SSSR count). The molecule has 3 heterocycles. The van der Waals surface area contributed by atoms with Gasteiger partial charge in [-0.05, 0) is 48.4 Å². The smallest absolute Gasteiger partial charge is 0.407 e. The number of fused-ring (bicyclic) bond motifs is 7. The van der Waals surface area contributed by atoms with Gasteiger partial charge < -0.3 is 25.0 Å². The second-order valence-corrected chi connectivity index (χ2v) is 19.0. The van der Waals surface area contributed by atoms with Crippen LogP contribution in [0.25, 0.3) is 28.4 Å². The zero-order chi connectivity index (χ0) is 40.2. The summed E-state index contributed by atoms with van der Waals surface area (Å²) in [4.78, 5) is 67.2. The van der Waals surface area contributed by atoms with Gasteiger partial charge in [0.25, 0.3) is 5.91 Å². The molecule has 0 radical (unpaired) electrons. The molecule has 4 aliphatic rings. The highest BCUT2D eigenvalue weighted by Gasteiger charge is 2.62. The fourth-order valence-electron chi connectivity index (χ4n) is 7.19. The Morgan fingerprint density at radius 3 is 2.43 bits per heavy atom. The Labute approximate surface area is 326 Å². The number of alkyl carbamates (subject to hydrolysis) is 1. The van der Waals surface area contributed by atoms with E-state index in [0.717, 1.165) is 11.1 Å². The number of para-hydroxylation sites is 2. The first kappa shape index (κ1) is 38.9. The molecule has 2 aromatic carbocycles. The maximum absolute atomic E-state index is 14.7. The number of cyclic esters (lactones) is 1. The van der Waals surface area contributed by atoms with Gasteiger partial charge in [0.1, 0.15) is 36.0 Å². The summed E-state index contributed by atoms with van der Waals surface area (Å²) in [5, 5.41) is 4.91. The molecule has 1 saturated heterocycles. The summed E-state index contributed by atoms with van der Waals surface area (Å²) in [7, 11) is -3.92. The number of sulfonamides is 1. The van der Waals surface area contributed by atoms with Crippen LogP contribution in [0.15, 0.2) is 67.3 Å². The number of benzene rings is 2. The Hall–Kier alpha value is -5.31. The number of aromatic nitrogens is 2. The summed E-state index contributed by atoms with van der Waals surface area (Å²) in [5.74, 6) is -2.43. The third-order valence-corrected chi connectivity index (χ3v) is 12.6. The average Bonchev–Trinajstić information content (AvgIpc) is 4.08. The van der Waals surface area contributed by atoms with Crippen LogP contribution in [-0.2, 0) is 29.1 Å². The highest BCUT2D eigenvalue weighted by atomic mass is 32.2. The van der Waals surface area contributed by atoms with Gasteiger partial charge in [0.05, 0.1) is 22.8 Å². The monoisotopic (exact) mass is 784 g/mol. The maximum atomic E-state index is 14.7. The second-order valence-electron chi connectivity index (χ2n) is 17.0. The highest BCUT2D eigenvalue weighted by molar-refractivity contribution is 7.91. The van der Waals surface area contributed by atoms with E-state index in [0.29, 0.717) is 29.6 Å². The van der Waals surface area contributed by atoms with Crippen LogP contribution in [0.3, 0.4) is 0 Å². The molecule has 14 nitrogen and oxygen atoms in total. The average molecular weight is 785 g/mol. The third kappa shape index (κ3) is 7.99. The first-order valence-electron chi connectivity index (χ1n) is 18.9. The molecule has 296 valence electrons. The van der Waals surface area contributed by atoms with Crippen molar-refractivity contribution in [2.45, 2.75) is 89.3 Å². The molecule has 3 aromatic rings. The minimum absolute atomic E-state index is 0.0100. The van der Waals surface area contributed by atoms with E-state index in [1.807, 2.05) is 74.5 Å². The van der Waals surface area contributed by atoms with Gasteiger partial charge in [-0.15, -0.1) is 6.58 Å². The quantitative estimate of drug-likeness (QED) is 0.301. The van der Waals surface area contributed by atoms with Gasteiger partial charge in [-0.1, -0.05) is 83.2 Å². The maximum Gasteiger partial charge on any atom is 0.407 e. The van der Waals surface area contributed by atoms with Crippen molar-refractivity contribution in [1.29, 1.82) is 0 Å². The van der Waals surface area contributed by atoms with Gasteiger partial charge in [0.15, 0.2) is 0 Å². The summed E-state index contributed by atoms with van der Waals surface area (Å²) in [6.45, 7) is 12.9. The lowest BCUT2D eigenvalue weighted by Gasteiger charge is -2.35. The number of ether oxygens (including phenoxy) is 2. The Morgan fingerprint density at radius 1 is 1.05 bits per heavy atom. The molecule has 2 saturated carbocycles. The molecular weight excluding hydrogens is 737 g/mol. The minimum atomic E-state index is -3.92. The standard InChI is InChI=1S/C41H48N6O8S/c1-7-26-21-41(26,37(50)46-56(52,53)28-15-16-28)45-34(48)31-20-27-22-47(31)36(49)33(39(2,3)4)44-38(51)54-23-40(5,6)18-17-24-11-10-12-25(19-24)32-35(55-27)43-30-14-9-8-13-29(30)42-32/h7-14,17-19,26-28,31,33H,1,15-16,20-23H2,2-6H3,(H,44,51)(H,45,48)(H,46,50)/t26-,27-,31+,33-,41-/m1/s1.